The second kappa shape index (κ2) is 4.46. The molecule has 0 saturated heterocycles. The second-order valence-corrected chi connectivity index (χ2v) is 4.51. The van der Waals surface area contributed by atoms with E-state index in [0.717, 1.165) is 11.4 Å². The quantitative estimate of drug-likeness (QED) is 0.892. The third kappa shape index (κ3) is 1.99. The first-order valence-corrected chi connectivity index (χ1v) is 5.73. The molecular weight excluding hydrogens is 255 g/mol. The van der Waals surface area contributed by atoms with Crippen molar-refractivity contribution in [2.24, 2.45) is 5.73 Å². The Labute approximate surface area is 109 Å². The topological polar surface area (TPSA) is 48.0 Å². The minimum atomic E-state index is -0.870. The average Bonchev–Trinajstić information content (AvgIpc) is 2.56. The number of amides is 1. The number of hydrogen-bond acceptors (Lipinski definition) is 1. The predicted octanol–water partition coefficient (Wildman–Crippen LogP) is 2.99. The van der Waals surface area contributed by atoms with Gasteiger partial charge in [-0.1, -0.05) is 11.6 Å². The van der Waals surface area contributed by atoms with E-state index in [1.54, 1.807) is 0 Å². The summed E-state index contributed by atoms with van der Waals surface area (Å²) < 4.78 is 15.7. The van der Waals surface area contributed by atoms with Gasteiger partial charge in [-0.15, -0.1) is 0 Å². The first-order chi connectivity index (χ1) is 8.41. The van der Waals surface area contributed by atoms with Crippen LogP contribution in [0.3, 0.4) is 0 Å². The Morgan fingerprint density at radius 2 is 1.83 bits per heavy atom. The SMILES string of the molecule is Cc1ccc(C)n1-c1cc(F)c(C(N)=O)c(Cl)c1. The smallest absolute Gasteiger partial charge is 0.253 e. The van der Waals surface area contributed by atoms with Crippen LogP contribution in [0.25, 0.3) is 5.69 Å². The fourth-order valence-electron chi connectivity index (χ4n) is 2.00. The van der Waals surface area contributed by atoms with E-state index in [1.165, 1.54) is 12.1 Å². The van der Waals surface area contributed by atoms with Gasteiger partial charge in [0.25, 0.3) is 5.91 Å². The number of benzene rings is 1. The van der Waals surface area contributed by atoms with Crippen molar-refractivity contribution in [1.29, 1.82) is 0 Å². The zero-order chi connectivity index (χ0) is 13.4. The molecule has 0 aliphatic rings. The van der Waals surface area contributed by atoms with Crippen LogP contribution in [0.5, 0.6) is 0 Å². The van der Waals surface area contributed by atoms with Crippen molar-refractivity contribution >= 4 is 17.5 Å². The van der Waals surface area contributed by atoms with E-state index in [-0.39, 0.29) is 10.6 Å². The van der Waals surface area contributed by atoms with Gasteiger partial charge in [0.05, 0.1) is 10.6 Å². The van der Waals surface area contributed by atoms with Crippen LogP contribution in [0.2, 0.25) is 5.02 Å². The molecule has 1 amide bonds. The third-order valence-corrected chi connectivity index (χ3v) is 3.10. The third-order valence-electron chi connectivity index (χ3n) is 2.80. The maximum Gasteiger partial charge on any atom is 0.253 e. The van der Waals surface area contributed by atoms with E-state index in [2.05, 4.69) is 0 Å². The molecule has 0 aliphatic heterocycles. The predicted molar refractivity (Wildman–Crippen MR) is 68.7 cm³/mol. The highest BCUT2D eigenvalue weighted by Gasteiger charge is 2.16. The van der Waals surface area contributed by atoms with Gasteiger partial charge in [0.2, 0.25) is 0 Å². The number of nitrogens with zero attached hydrogens (tertiary/aromatic N) is 1. The van der Waals surface area contributed by atoms with E-state index >= 15 is 0 Å². The standard InChI is InChI=1S/C13H12ClFN2O/c1-7-3-4-8(2)17(7)9-5-10(14)12(13(16)18)11(15)6-9/h3-6H,1-2H3,(H2,16,18). The highest BCUT2D eigenvalue weighted by Crippen LogP contribution is 2.25. The molecule has 94 valence electrons. The van der Waals surface area contributed by atoms with Crippen LogP contribution in [0.1, 0.15) is 21.7 Å². The Hall–Kier alpha value is -1.81. The molecule has 2 N–H and O–H groups in total. The number of hydrogen-bond donors (Lipinski definition) is 1. The first kappa shape index (κ1) is 12.6. The lowest BCUT2D eigenvalue weighted by molar-refractivity contribution is 0.0996. The molecule has 1 heterocycles. The number of aryl methyl sites for hydroxylation is 2. The van der Waals surface area contributed by atoms with Crippen molar-refractivity contribution in [2.45, 2.75) is 13.8 Å². The Kier molecular flexibility index (Phi) is 3.13. The van der Waals surface area contributed by atoms with Crippen LogP contribution in [0.4, 0.5) is 4.39 Å². The maximum absolute atomic E-state index is 13.8. The highest BCUT2D eigenvalue weighted by molar-refractivity contribution is 6.34. The molecule has 0 spiro atoms. The zero-order valence-electron chi connectivity index (χ0n) is 10.00. The number of carbonyl (C=O) groups excluding carboxylic acids is 1. The van der Waals surface area contributed by atoms with Crippen molar-refractivity contribution in [3.05, 3.63) is 52.1 Å². The van der Waals surface area contributed by atoms with Crippen molar-refractivity contribution in [2.75, 3.05) is 0 Å². The lowest BCUT2D eigenvalue weighted by Gasteiger charge is -2.11. The van der Waals surface area contributed by atoms with E-state index in [9.17, 15) is 9.18 Å². The van der Waals surface area contributed by atoms with Gasteiger partial charge in [-0.25, -0.2) is 4.39 Å². The zero-order valence-corrected chi connectivity index (χ0v) is 10.8. The van der Waals surface area contributed by atoms with E-state index in [4.69, 9.17) is 17.3 Å². The van der Waals surface area contributed by atoms with Gasteiger partial charge in [0.15, 0.2) is 0 Å². The molecule has 18 heavy (non-hydrogen) atoms. The molecule has 1 aromatic heterocycles. The van der Waals surface area contributed by atoms with Crippen molar-refractivity contribution in [3.63, 3.8) is 0 Å². The minimum Gasteiger partial charge on any atom is -0.365 e. The summed E-state index contributed by atoms with van der Waals surface area (Å²) >= 11 is 5.90. The first-order valence-electron chi connectivity index (χ1n) is 5.36. The summed E-state index contributed by atoms with van der Waals surface area (Å²) in [6, 6.07) is 6.63. The molecule has 2 aromatic rings. The summed E-state index contributed by atoms with van der Waals surface area (Å²) in [6.45, 7) is 3.81. The summed E-state index contributed by atoms with van der Waals surface area (Å²) in [4.78, 5) is 11.1. The summed E-state index contributed by atoms with van der Waals surface area (Å²) in [5.41, 5.74) is 7.28. The van der Waals surface area contributed by atoms with E-state index in [1.807, 2.05) is 30.5 Å². The number of aromatic nitrogens is 1. The van der Waals surface area contributed by atoms with Gasteiger partial charge in [-0.05, 0) is 38.1 Å². The number of carbonyl (C=O) groups is 1. The van der Waals surface area contributed by atoms with Crippen molar-refractivity contribution in [3.8, 4) is 5.69 Å². The second-order valence-electron chi connectivity index (χ2n) is 4.10. The molecule has 0 aliphatic carbocycles. The largest absolute Gasteiger partial charge is 0.365 e. The van der Waals surface area contributed by atoms with E-state index in [0.29, 0.717) is 5.69 Å². The molecule has 0 saturated carbocycles. The fourth-order valence-corrected chi connectivity index (χ4v) is 2.30. The van der Waals surface area contributed by atoms with Crippen molar-refractivity contribution < 1.29 is 9.18 Å². The van der Waals surface area contributed by atoms with Gasteiger partial charge in [-0.3, -0.25) is 4.79 Å². The molecule has 2 rings (SSSR count). The summed E-state index contributed by atoms with van der Waals surface area (Å²) in [7, 11) is 0. The summed E-state index contributed by atoms with van der Waals surface area (Å²) in [5.74, 6) is -1.58. The number of rotatable bonds is 2. The number of halogens is 2. The van der Waals surface area contributed by atoms with Crippen LogP contribution in [0, 0.1) is 19.7 Å². The van der Waals surface area contributed by atoms with Crippen LogP contribution >= 0.6 is 11.6 Å². The number of nitrogens with two attached hydrogens (primary N) is 1. The highest BCUT2D eigenvalue weighted by atomic mass is 35.5. The maximum atomic E-state index is 13.8. The van der Waals surface area contributed by atoms with Gasteiger partial charge in [-0.2, -0.15) is 0 Å². The molecule has 0 bridgehead atoms. The van der Waals surface area contributed by atoms with Crippen LogP contribution in [0.15, 0.2) is 24.3 Å². The number of primary amides is 1. The minimum absolute atomic E-state index is 0.0185. The Morgan fingerprint density at radius 3 is 2.28 bits per heavy atom. The van der Waals surface area contributed by atoms with Crippen LogP contribution < -0.4 is 5.73 Å². The molecule has 0 unspecified atom stereocenters. The molecule has 0 radical (unpaired) electrons. The summed E-state index contributed by atoms with van der Waals surface area (Å²) in [6.07, 6.45) is 0. The van der Waals surface area contributed by atoms with E-state index < -0.39 is 11.7 Å². The Bertz CT molecular complexity index is 591. The lowest BCUT2D eigenvalue weighted by atomic mass is 10.1. The molecule has 0 atom stereocenters. The molecular formula is C13H12ClFN2O. The summed E-state index contributed by atoms with van der Waals surface area (Å²) in [5, 5.41) is 0.0185. The molecule has 1 aromatic carbocycles. The molecule has 0 fully saturated rings. The molecule has 3 nitrogen and oxygen atoms in total. The van der Waals surface area contributed by atoms with Gasteiger partial charge < -0.3 is 10.3 Å². The van der Waals surface area contributed by atoms with Gasteiger partial charge >= 0.3 is 0 Å². The lowest BCUT2D eigenvalue weighted by Crippen LogP contribution is -2.14. The molecule has 5 heteroatoms. The van der Waals surface area contributed by atoms with Crippen LogP contribution in [-0.2, 0) is 0 Å². The van der Waals surface area contributed by atoms with Gasteiger partial charge in [0, 0.05) is 17.1 Å². The van der Waals surface area contributed by atoms with Crippen LogP contribution in [-0.4, -0.2) is 10.5 Å². The average molecular weight is 267 g/mol. The Morgan fingerprint density at radius 1 is 1.28 bits per heavy atom. The Balaban J connectivity index is 2.66. The fraction of sp³-hybridized carbons (Fsp3) is 0.154. The normalized spacial score (nSPS) is 10.7. The monoisotopic (exact) mass is 266 g/mol. The van der Waals surface area contributed by atoms with Gasteiger partial charge in [0.1, 0.15) is 5.82 Å². The van der Waals surface area contributed by atoms with Crippen molar-refractivity contribution in [1.82, 2.24) is 4.57 Å².